The number of piperazine rings is 1. The third-order valence-corrected chi connectivity index (χ3v) is 4.75. The van der Waals surface area contributed by atoms with Gasteiger partial charge in [-0.15, -0.1) is 0 Å². The van der Waals surface area contributed by atoms with Gasteiger partial charge in [0.15, 0.2) is 0 Å². The van der Waals surface area contributed by atoms with Crippen LogP contribution in [0, 0.1) is 12.7 Å². The van der Waals surface area contributed by atoms with Crippen molar-refractivity contribution >= 4 is 12.0 Å². The van der Waals surface area contributed by atoms with Gasteiger partial charge in [0, 0.05) is 11.6 Å². The van der Waals surface area contributed by atoms with Gasteiger partial charge in [0.25, 0.3) is 0 Å². The number of carbonyl (C=O) groups excluding carboxylic acids is 1. The summed E-state index contributed by atoms with van der Waals surface area (Å²) < 4.78 is 13.2. The molecule has 1 saturated heterocycles. The number of nitrogens with one attached hydrogen (secondary N) is 1. The normalized spacial score (nSPS) is 15.7. The third-order valence-electron chi connectivity index (χ3n) is 4.75. The van der Waals surface area contributed by atoms with Crippen LogP contribution in [-0.4, -0.2) is 37.0 Å². The third kappa shape index (κ3) is 4.77. The van der Waals surface area contributed by atoms with Gasteiger partial charge in [-0.25, -0.2) is 4.39 Å². The smallest absolute Gasteiger partial charge is 0.246 e. The van der Waals surface area contributed by atoms with E-state index in [9.17, 15) is 9.18 Å². The summed E-state index contributed by atoms with van der Waals surface area (Å²) in [4.78, 5) is 15.7. The van der Waals surface area contributed by atoms with E-state index in [1.165, 1.54) is 28.2 Å². The van der Waals surface area contributed by atoms with E-state index in [-0.39, 0.29) is 11.7 Å². The molecule has 1 heterocycles. The van der Waals surface area contributed by atoms with E-state index >= 15 is 0 Å². The molecule has 2 aromatic carbocycles. The fourth-order valence-corrected chi connectivity index (χ4v) is 3.18. The Kier molecular flexibility index (Phi) is 5.61. The Bertz CT molecular complexity index is 764. The number of benzene rings is 2. The van der Waals surface area contributed by atoms with Crippen molar-refractivity contribution in [3.63, 3.8) is 0 Å². The molecular formula is C21H24FN2O+. The van der Waals surface area contributed by atoms with Crippen LogP contribution >= 0.6 is 0 Å². The van der Waals surface area contributed by atoms with Crippen LogP contribution in [0.4, 0.5) is 4.39 Å². The number of carbonyl (C=O) groups is 1. The fourth-order valence-electron chi connectivity index (χ4n) is 3.18. The van der Waals surface area contributed by atoms with Crippen molar-refractivity contribution in [1.29, 1.82) is 0 Å². The molecule has 1 amide bonds. The molecule has 0 radical (unpaired) electrons. The summed E-state index contributed by atoms with van der Waals surface area (Å²) in [6, 6.07) is 14.7. The molecule has 0 aromatic heterocycles. The summed E-state index contributed by atoms with van der Waals surface area (Å²) in [5.74, 6) is -0.290. The van der Waals surface area contributed by atoms with E-state index in [1.54, 1.807) is 24.3 Å². The van der Waals surface area contributed by atoms with E-state index < -0.39 is 0 Å². The van der Waals surface area contributed by atoms with Gasteiger partial charge in [-0.2, -0.15) is 0 Å². The maximum absolute atomic E-state index is 13.2. The van der Waals surface area contributed by atoms with Crippen LogP contribution in [0.15, 0.2) is 54.6 Å². The van der Waals surface area contributed by atoms with E-state index in [1.807, 2.05) is 4.90 Å². The van der Waals surface area contributed by atoms with E-state index in [0.29, 0.717) is 5.56 Å². The summed E-state index contributed by atoms with van der Waals surface area (Å²) in [6.45, 7) is 6.57. The number of amides is 1. The summed E-state index contributed by atoms with van der Waals surface area (Å²) in [6.07, 6.45) is 3.22. The van der Waals surface area contributed by atoms with Crippen molar-refractivity contribution in [3.8, 4) is 0 Å². The minimum absolute atomic E-state index is 0.000738. The first-order valence-electron chi connectivity index (χ1n) is 8.72. The summed E-state index contributed by atoms with van der Waals surface area (Å²) in [7, 11) is 0. The topological polar surface area (TPSA) is 24.8 Å². The first-order chi connectivity index (χ1) is 12.1. The van der Waals surface area contributed by atoms with Crippen molar-refractivity contribution in [2.24, 2.45) is 0 Å². The molecule has 0 spiro atoms. The maximum Gasteiger partial charge on any atom is 0.246 e. The Hall–Kier alpha value is -2.46. The number of hydrogen-bond acceptors (Lipinski definition) is 1. The highest BCUT2D eigenvalue weighted by Crippen LogP contribution is 2.07. The molecule has 1 aliphatic rings. The zero-order valence-electron chi connectivity index (χ0n) is 14.5. The van der Waals surface area contributed by atoms with Gasteiger partial charge in [0.05, 0.1) is 26.2 Å². The lowest BCUT2D eigenvalue weighted by Crippen LogP contribution is -3.13. The standard InChI is InChI=1S/C21H23FN2O/c1-17-5-2-3-7-19(17)16-23-11-13-24(14-12-23)21(25)10-9-18-6-4-8-20(22)15-18/h2-10,15H,11-14,16H2,1H3/p+1/b10-9+. The second kappa shape index (κ2) is 8.08. The highest BCUT2D eigenvalue weighted by atomic mass is 19.1. The minimum Gasteiger partial charge on any atom is -0.328 e. The van der Waals surface area contributed by atoms with Gasteiger partial charge >= 0.3 is 0 Å². The van der Waals surface area contributed by atoms with Crippen LogP contribution in [0.2, 0.25) is 0 Å². The molecule has 1 aliphatic heterocycles. The molecule has 1 N–H and O–H groups in total. The highest BCUT2D eigenvalue weighted by molar-refractivity contribution is 5.91. The van der Waals surface area contributed by atoms with E-state index in [0.717, 1.165) is 32.7 Å². The fraction of sp³-hybridized carbons (Fsp3) is 0.286. The van der Waals surface area contributed by atoms with Gasteiger partial charge in [-0.3, -0.25) is 4.79 Å². The van der Waals surface area contributed by atoms with Crippen LogP contribution in [0.3, 0.4) is 0 Å². The molecule has 0 atom stereocenters. The number of halogens is 1. The summed E-state index contributed by atoms with van der Waals surface area (Å²) in [5.41, 5.74) is 3.41. The second-order valence-electron chi connectivity index (χ2n) is 6.57. The van der Waals surface area contributed by atoms with Gasteiger partial charge in [0.2, 0.25) is 5.91 Å². The van der Waals surface area contributed by atoms with E-state index in [4.69, 9.17) is 0 Å². The quantitative estimate of drug-likeness (QED) is 0.848. The Morgan fingerprint density at radius 3 is 2.64 bits per heavy atom. The van der Waals surface area contributed by atoms with Crippen LogP contribution < -0.4 is 4.90 Å². The van der Waals surface area contributed by atoms with Crippen molar-refractivity contribution in [3.05, 3.63) is 77.1 Å². The van der Waals surface area contributed by atoms with Crippen LogP contribution in [0.25, 0.3) is 6.08 Å². The zero-order valence-corrected chi connectivity index (χ0v) is 14.5. The number of rotatable bonds is 4. The Labute approximate surface area is 148 Å². The lowest BCUT2D eigenvalue weighted by Gasteiger charge is -2.32. The van der Waals surface area contributed by atoms with Crippen molar-refractivity contribution in [2.45, 2.75) is 13.5 Å². The second-order valence-corrected chi connectivity index (χ2v) is 6.57. The molecule has 0 bridgehead atoms. The first-order valence-corrected chi connectivity index (χ1v) is 8.72. The van der Waals surface area contributed by atoms with Gasteiger partial charge in [-0.05, 0) is 36.3 Å². The zero-order chi connectivity index (χ0) is 17.6. The van der Waals surface area contributed by atoms with Gasteiger partial charge < -0.3 is 9.80 Å². The van der Waals surface area contributed by atoms with Gasteiger partial charge in [-0.1, -0.05) is 36.4 Å². The predicted molar refractivity (Wildman–Crippen MR) is 97.6 cm³/mol. The van der Waals surface area contributed by atoms with Crippen molar-refractivity contribution in [1.82, 2.24) is 4.90 Å². The molecule has 25 heavy (non-hydrogen) atoms. The monoisotopic (exact) mass is 339 g/mol. The highest BCUT2D eigenvalue weighted by Gasteiger charge is 2.22. The molecule has 3 rings (SSSR count). The number of aryl methyl sites for hydroxylation is 1. The number of hydrogen-bond donors (Lipinski definition) is 1. The molecule has 0 aliphatic carbocycles. The first kappa shape index (κ1) is 17.4. The average molecular weight is 339 g/mol. The SMILES string of the molecule is Cc1ccccc1C[NH+]1CCN(C(=O)/C=C/c2cccc(F)c2)CC1. The molecule has 1 fully saturated rings. The minimum atomic E-state index is -0.289. The van der Waals surface area contributed by atoms with Crippen LogP contribution in [0.5, 0.6) is 0 Å². The number of quaternary nitrogens is 1. The Morgan fingerprint density at radius 1 is 1.16 bits per heavy atom. The molecule has 0 unspecified atom stereocenters. The molecule has 2 aromatic rings. The molecule has 3 nitrogen and oxygen atoms in total. The lowest BCUT2D eigenvalue weighted by atomic mass is 10.1. The molecule has 4 heteroatoms. The Morgan fingerprint density at radius 2 is 1.92 bits per heavy atom. The summed E-state index contributed by atoms with van der Waals surface area (Å²) >= 11 is 0. The van der Waals surface area contributed by atoms with Crippen LogP contribution in [-0.2, 0) is 11.3 Å². The molecule has 0 saturated carbocycles. The van der Waals surface area contributed by atoms with Crippen molar-refractivity contribution in [2.75, 3.05) is 26.2 Å². The van der Waals surface area contributed by atoms with Crippen LogP contribution in [0.1, 0.15) is 16.7 Å². The van der Waals surface area contributed by atoms with Gasteiger partial charge in [0.1, 0.15) is 12.4 Å². The Balaban J connectivity index is 1.51. The maximum atomic E-state index is 13.2. The summed E-state index contributed by atoms with van der Waals surface area (Å²) in [5, 5.41) is 0. The molecular weight excluding hydrogens is 315 g/mol. The largest absolute Gasteiger partial charge is 0.328 e. The van der Waals surface area contributed by atoms with E-state index in [2.05, 4.69) is 31.2 Å². The van der Waals surface area contributed by atoms with Crippen molar-refractivity contribution < 1.29 is 14.1 Å². The number of nitrogens with zero attached hydrogens (tertiary/aromatic N) is 1. The average Bonchev–Trinajstić information content (AvgIpc) is 2.62. The molecule has 130 valence electrons. The predicted octanol–water partition coefficient (Wildman–Crippen LogP) is 2.07. The lowest BCUT2D eigenvalue weighted by molar-refractivity contribution is -0.917.